The van der Waals surface area contributed by atoms with Crippen LogP contribution in [0.5, 0.6) is 0 Å². The molecule has 1 fully saturated rings. The maximum absolute atomic E-state index is 11.2. The number of rotatable bonds is 4. The van der Waals surface area contributed by atoms with E-state index in [0.717, 1.165) is 25.2 Å². The van der Waals surface area contributed by atoms with Crippen LogP contribution in [0.2, 0.25) is 0 Å². The molecule has 19 heavy (non-hydrogen) atoms. The van der Waals surface area contributed by atoms with E-state index in [2.05, 4.69) is 26.9 Å². The third kappa shape index (κ3) is 3.41. The summed E-state index contributed by atoms with van der Waals surface area (Å²) in [6.45, 7) is 2.32. The van der Waals surface area contributed by atoms with Gasteiger partial charge in [0, 0.05) is 19.5 Å². The highest BCUT2D eigenvalue weighted by molar-refractivity contribution is 5.74. The lowest BCUT2D eigenvalue weighted by Crippen LogP contribution is -2.27. The largest absolute Gasteiger partial charge is 0.468 e. The smallest absolute Gasteiger partial charge is 0.325 e. The molecule has 0 N–H and O–H groups in total. The third-order valence-corrected chi connectivity index (χ3v) is 3.47. The van der Waals surface area contributed by atoms with Crippen LogP contribution in [0.4, 0.5) is 5.82 Å². The quantitative estimate of drug-likeness (QED) is 0.738. The van der Waals surface area contributed by atoms with Gasteiger partial charge in [-0.1, -0.05) is 0 Å². The van der Waals surface area contributed by atoms with Gasteiger partial charge in [0.1, 0.15) is 6.54 Å². The van der Waals surface area contributed by atoms with E-state index in [-0.39, 0.29) is 12.5 Å². The van der Waals surface area contributed by atoms with Gasteiger partial charge in [0.15, 0.2) is 5.82 Å². The summed E-state index contributed by atoms with van der Waals surface area (Å²) in [7, 11) is 5.29. The Morgan fingerprint density at radius 2 is 2.32 bits per heavy atom. The van der Waals surface area contributed by atoms with Crippen molar-refractivity contribution in [3.05, 3.63) is 17.8 Å². The van der Waals surface area contributed by atoms with Crippen molar-refractivity contribution in [1.82, 2.24) is 15.1 Å². The Hall–Kier alpha value is -1.69. The molecule has 0 amide bonds. The predicted molar refractivity (Wildman–Crippen MR) is 72.2 cm³/mol. The maximum Gasteiger partial charge on any atom is 0.325 e. The summed E-state index contributed by atoms with van der Waals surface area (Å²) >= 11 is 0. The maximum atomic E-state index is 11.2. The molecule has 1 unspecified atom stereocenters. The Labute approximate surface area is 113 Å². The predicted octanol–water partition coefficient (Wildman–Crippen LogP) is 0.505. The number of hydrogen-bond donors (Lipinski definition) is 0. The first-order valence-corrected chi connectivity index (χ1v) is 6.40. The van der Waals surface area contributed by atoms with Crippen molar-refractivity contribution in [3.8, 4) is 0 Å². The molecule has 0 spiro atoms. The molecule has 0 saturated carbocycles. The zero-order valence-electron chi connectivity index (χ0n) is 11.7. The number of likely N-dealkylation sites (N-methyl/N-ethyl adjacent to an activating group) is 2. The molecule has 104 valence electrons. The van der Waals surface area contributed by atoms with Crippen LogP contribution in [-0.2, 0) is 9.53 Å². The van der Waals surface area contributed by atoms with Crippen molar-refractivity contribution in [2.45, 2.75) is 12.3 Å². The van der Waals surface area contributed by atoms with Crippen molar-refractivity contribution in [3.63, 3.8) is 0 Å². The molecule has 0 bridgehead atoms. The van der Waals surface area contributed by atoms with Crippen molar-refractivity contribution in [1.29, 1.82) is 0 Å². The summed E-state index contributed by atoms with van der Waals surface area (Å²) in [4.78, 5) is 15.2. The number of ether oxygens (including phenoxy) is 1. The minimum absolute atomic E-state index is 0.177. The number of methoxy groups -OCH3 is 1. The van der Waals surface area contributed by atoms with Gasteiger partial charge in [-0.3, -0.25) is 4.79 Å². The van der Waals surface area contributed by atoms with Gasteiger partial charge in [-0.15, -0.1) is 5.10 Å². The van der Waals surface area contributed by atoms with Gasteiger partial charge < -0.3 is 14.5 Å². The Morgan fingerprint density at radius 3 is 2.84 bits per heavy atom. The number of carbonyl (C=O) groups is 1. The second-order valence-corrected chi connectivity index (χ2v) is 5.00. The number of nitrogens with zero attached hydrogens (tertiary/aromatic N) is 4. The highest BCUT2D eigenvalue weighted by atomic mass is 16.5. The Bertz CT molecular complexity index is 435. The Kier molecular flexibility index (Phi) is 4.31. The van der Waals surface area contributed by atoms with Crippen LogP contribution < -0.4 is 4.90 Å². The van der Waals surface area contributed by atoms with Crippen LogP contribution in [0.25, 0.3) is 0 Å². The number of aromatic nitrogens is 2. The third-order valence-electron chi connectivity index (χ3n) is 3.47. The first kappa shape index (κ1) is 13.7. The Morgan fingerprint density at radius 1 is 1.53 bits per heavy atom. The van der Waals surface area contributed by atoms with Crippen molar-refractivity contribution >= 4 is 11.8 Å². The summed E-state index contributed by atoms with van der Waals surface area (Å²) < 4.78 is 4.62. The number of hydrogen-bond acceptors (Lipinski definition) is 6. The van der Waals surface area contributed by atoms with E-state index in [1.54, 1.807) is 11.9 Å². The van der Waals surface area contributed by atoms with Crippen molar-refractivity contribution < 1.29 is 9.53 Å². The van der Waals surface area contributed by atoms with Gasteiger partial charge in [0.2, 0.25) is 0 Å². The van der Waals surface area contributed by atoms with Crippen LogP contribution in [0.15, 0.2) is 12.1 Å². The number of esters is 1. The van der Waals surface area contributed by atoms with Crippen LogP contribution in [-0.4, -0.2) is 61.9 Å². The minimum atomic E-state index is -0.286. The topological polar surface area (TPSA) is 58.6 Å². The molecule has 1 aromatic heterocycles. The van der Waals surface area contributed by atoms with E-state index in [1.807, 2.05) is 12.1 Å². The molecule has 1 saturated heterocycles. The van der Waals surface area contributed by atoms with Crippen molar-refractivity contribution in [2.75, 3.05) is 45.7 Å². The van der Waals surface area contributed by atoms with E-state index in [4.69, 9.17) is 0 Å². The van der Waals surface area contributed by atoms with Gasteiger partial charge in [-0.25, -0.2) is 0 Å². The van der Waals surface area contributed by atoms with Gasteiger partial charge in [-0.2, -0.15) is 5.10 Å². The normalized spacial score (nSPS) is 19.4. The molecule has 0 radical (unpaired) electrons. The molecule has 1 aliphatic rings. The lowest BCUT2D eigenvalue weighted by molar-refractivity contribution is -0.138. The second-order valence-electron chi connectivity index (χ2n) is 5.00. The fourth-order valence-electron chi connectivity index (χ4n) is 2.27. The SMILES string of the molecule is COC(=O)CN(C)c1ccc(C2CCN(C)C2)nn1. The van der Waals surface area contributed by atoms with Crippen LogP contribution in [0, 0.1) is 0 Å². The average molecular weight is 264 g/mol. The molecule has 0 aliphatic carbocycles. The van der Waals surface area contributed by atoms with Crippen LogP contribution >= 0.6 is 0 Å². The summed E-state index contributed by atoms with van der Waals surface area (Å²) in [6, 6.07) is 3.91. The van der Waals surface area contributed by atoms with E-state index in [0.29, 0.717) is 11.7 Å². The zero-order chi connectivity index (χ0) is 13.8. The molecule has 0 aromatic carbocycles. The zero-order valence-corrected chi connectivity index (χ0v) is 11.7. The van der Waals surface area contributed by atoms with E-state index >= 15 is 0 Å². The lowest BCUT2D eigenvalue weighted by Gasteiger charge is -2.16. The molecule has 2 rings (SSSR count). The highest BCUT2D eigenvalue weighted by Crippen LogP contribution is 2.24. The molecule has 1 atom stereocenters. The summed E-state index contributed by atoms with van der Waals surface area (Å²) in [6.07, 6.45) is 1.13. The minimum Gasteiger partial charge on any atom is -0.468 e. The number of likely N-dealkylation sites (tertiary alicyclic amines) is 1. The van der Waals surface area contributed by atoms with Gasteiger partial charge in [-0.05, 0) is 32.1 Å². The van der Waals surface area contributed by atoms with Crippen LogP contribution in [0.3, 0.4) is 0 Å². The number of carbonyl (C=O) groups excluding carboxylic acids is 1. The standard InChI is InChI=1S/C13H20N4O2/c1-16-7-6-10(8-16)11-4-5-12(15-14-11)17(2)9-13(18)19-3/h4-5,10H,6-9H2,1-3H3. The fraction of sp³-hybridized carbons (Fsp3) is 0.615. The number of anilines is 1. The van der Waals surface area contributed by atoms with E-state index in [1.165, 1.54) is 7.11 Å². The average Bonchev–Trinajstić information content (AvgIpc) is 2.85. The second kappa shape index (κ2) is 5.97. The monoisotopic (exact) mass is 264 g/mol. The molecule has 6 heteroatoms. The summed E-state index contributed by atoms with van der Waals surface area (Å²) in [5, 5.41) is 8.46. The molecular weight excluding hydrogens is 244 g/mol. The molecule has 1 aromatic rings. The van der Waals surface area contributed by atoms with Gasteiger partial charge in [0.05, 0.1) is 12.8 Å². The highest BCUT2D eigenvalue weighted by Gasteiger charge is 2.22. The molecule has 1 aliphatic heterocycles. The fourth-order valence-corrected chi connectivity index (χ4v) is 2.27. The van der Waals surface area contributed by atoms with Gasteiger partial charge in [0.25, 0.3) is 0 Å². The Balaban J connectivity index is 2.00. The summed E-state index contributed by atoms with van der Waals surface area (Å²) in [5.74, 6) is 0.865. The summed E-state index contributed by atoms with van der Waals surface area (Å²) in [5.41, 5.74) is 1.03. The van der Waals surface area contributed by atoms with Crippen molar-refractivity contribution in [2.24, 2.45) is 0 Å². The van der Waals surface area contributed by atoms with E-state index < -0.39 is 0 Å². The molecule has 6 nitrogen and oxygen atoms in total. The first-order chi connectivity index (χ1) is 9.10. The molecule has 2 heterocycles. The van der Waals surface area contributed by atoms with Crippen LogP contribution in [0.1, 0.15) is 18.0 Å². The lowest BCUT2D eigenvalue weighted by atomic mass is 10.1. The first-order valence-electron chi connectivity index (χ1n) is 6.40. The molecular formula is C13H20N4O2. The van der Waals surface area contributed by atoms with E-state index in [9.17, 15) is 4.79 Å². The van der Waals surface area contributed by atoms with Gasteiger partial charge >= 0.3 is 5.97 Å².